The second kappa shape index (κ2) is 11.6. The fraction of sp³-hybridized carbons (Fsp3) is 0.485. The van der Waals surface area contributed by atoms with Crippen molar-refractivity contribution in [3.05, 3.63) is 65.2 Å². The molecule has 2 aromatic carbocycles. The van der Waals surface area contributed by atoms with E-state index >= 15 is 0 Å². The first-order valence-corrected chi connectivity index (χ1v) is 14.2. The van der Waals surface area contributed by atoms with Gasteiger partial charge >= 0.3 is 5.97 Å². The van der Waals surface area contributed by atoms with Crippen molar-refractivity contribution in [3.8, 4) is 11.8 Å². The molecule has 1 N–H and O–H groups in total. The van der Waals surface area contributed by atoms with Crippen LogP contribution in [0.3, 0.4) is 0 Å². The molecule has 0 unspecified atom stereocenters. The fourth-order valence-electron chi connectivity index (χ4n) is 6.65. The van der Waals surface area contributed by atoms with E-state index in [2.05, 4.69) is 11.8 Å². The molecule has 0 radical (unpaired) electrons. The number of carboxylic acids is 1. The van der Waals surface area contributed by atoms with E-state index in [1.807, 2.05) is 53.4 Å². The highest BCUT2D eigenvalue weighted by Gasteiger charge is 2.41. The Hall–Kier alpha value is -3.39. The van der Waals surface area contributed by atoms with E-state index in [-0.39, 0.29) is 23.2 Å². The summed E-state index contributed by atoms with van der Waals surface area (Å²) in [4.78, 5) is 39.5. The molecule has 0 bridgehead atoms. The molecule has 2 fully saturated rings. The number of Topliss-reactive ketones (excluding diaryl/α,β-unsaturated/α-hetero) is 1. The van der Waals surface area contributed by atoms with Crippen LogP contribution in [-0.4, -0.2) is 22.8 Å². The summed E-state index contributed by atoms with van der Waals surface area (Å²) in [6.07, 6.45) is 9.88. The van der Waals surface area contributed by atoms with Gasteiger partial charge in [-0.2, -0.15) is 0 Å². The molecule has 3 aliphatic rings. The standard InChI is InChI=1S/C33H37NO4/c35-30(26-15-19-33(20-16-26)21-17-27(18-22-33)32(37)38)11-5-6-12-31(36)34-23-28-9-2-1-7-24(28)13-14-25-8-3-4-10-29(25)34/h1-4,7-10,26-27H,5-6,11-12,15-23H2,(H,37,38). The van der Waals surface area contributed by atoms with Crippen LogP contribution >= 0.6 is 0 Å². The Morgan fingerprint density at radius 1 is 0.789 bits per heavy atom. The lowest BCUT2D eigenvalue weighted by molar-refractivity contribution is -0.144. The third-order valence-corrected chi connectivity index (χ3v) is 9.13. The minimum absolute atomic E-state index is 0.0694. The third kappa shape index (κ3) is 5.85. The molecule has 198 valence electrons. The summed E-state index contributed by atoms with van der Waals surface area (Å²) in [5, 5.41) is 9.28. The number of nitrogens with zero attached hydrogens (tertiary/aromatic N) is 1. The second-order valence-corrected chi connectivity index (χ2v) is 11.5. The molecule has 1 spiro atoms. The number of ketones is 1. The largest absolute Gasteiger partial charge is 0.481 e. The molecule has 0 atom stereocenters. The molecule has 2 saturated carbocycles. The minimum Gasteiger partial charge on any atom is -0.481 e. The number of carbonyl (C=O) groups excluding carboxylic acids is 2. The van der Waals surface area contributed by atoms with Gasteiger partial charge in [0.25, 0.3) is 0 Å². The quantitative estimate of drug-likeness (QED) is 0.339. The monoisotopic (exact) mass is 511 g/mol. The SMILES string of the molecule is O=C(O)C1CCC2(CC1)CCC(C(=O)CCCCC(=O)N1Cc3ccccc3C#Cc3ccccc31)CC2. The Labute approximate surface area is 225 Å². The highest BCUT2D eigenvalue weighted by molar-refractivity contribution is 5.95. The van der Waals surface area contributed by atoms with Crippen molar-refractivity contribution in [2.24, 2.45) is 17.3 Å². The van der Waals surface area contributed by atoms with E-state index in [1.165, 1.54) is 0 Å². The van der Waals surface area contributed by atoms with Crippen LogP contribution < -0.4 is 4.90 Å². The van der Waals surface area contributed by atoms with Gasteiger partial charge in [-0.15, -0.1) is 0 Å². The van der Waals surface area contributed by atoms with E-state index < -0.39 is 5.97 Å². The summed E-state index contributed by atoms with van der Waals surface area (Å²) in [7, 11) is 0. The molecule has 1 heterocycles. The number of para-hydroxylation sites is 1. The number of carboxylic acid groups (broad SMARTS) is 1. The van der Waals surface area contributed by atoms with Gasteiger partial charge in [0.05, 0.1) is 18.2 Å². The second-order valence-electron chi connectivity index (χ2n) is 11.5. The average Bonchev–Trinajstić information content (AvgIpc) is 2.93. The summed E-state index contributed by atoms with van der Waals surface area (Å²) in [5.41, 5.74) is 3.97. The number of fused-ring (bicyclic) bond motifs is 2. The first-order chi connectivity index (χ1) is 18.4. The Bertz CT molecular complexity index is 1250. The lowest BCUT2D eigenvalue weighted by Crippen LogP contribution is -2.35. The van der Waals surface area contributed by atoms with Gasteiger partial charge in [0.2, 0.25) is 5.91 Å². The first kappa shape index (κ1) is 26.2. The van der Waals surface area contributed by atoms with Gasteiger partial charge in [-0.1, -0.05) is 42.2 Å². The van der Waals surface area contributed by atoms with Crippen LogP contribution in [0.25, 0.3) is 0 Å². The minimum atomic E-state index is -0.656. The maximum atomic E-state index is 13.4. The Morgan fingerprint density at radius 3 is 2.08 bits per heavy atom. The van der Waals surface area contributed by atoms with Crippen molar-refractivity contribution in [1.82, 2.24) is 0 Å². The summed E-state index contributed by atoms with van der Waals surface area (Å²) in [6, 6.07) is 15.8. The molecule has 2 aromatic rings. The molecule has 1 aliphatic heterocycles. The van der Waals surface area contributed by atoms with Crippen LogP contribution in [0, 0.1) is 29.1 Å². The van der Waals surface area contributed by atoms with Gasteiger partial charge in [-0.3, -0.25) is 14.4 Å². The van der Waals surface area contributed by atoms with Crippen LogP contribution in [0.15, 0.2) is 48.5 Å². The zero-order valence-corrected chi connectivity index (χ0v) is 22.1. The highest BCUT2D eigenvalue weighted by atomic mass is 16.4. The molecular formula is C33H37NO4. The lowest BCUT2D eigenvalue weighted by Gasteiger charge is -2.44. The number of hydrogen-bond acceptors (Lipinski definition) is 3. The zero-order chi connectivity index (χ0) is 26.5. The van der Waals surface area contributed by atoms with Gasteiger partial charge in [0.1, 0.15) is 5.78 Å². The topological polar surface area (TPSA) is 74.7 Å². The summed E-state index contributed by atoms with van der Waals surface area (Å²) in [6.45, 7) is 0.497. The van der Waals surface area contributed by atoms with Gasteiger partial charge in [-0.25, -0.2) is 0 Å². The number of aliphatic carboxylic acids is 1. The van der Waals surface area contributed by atoms with E-state index in [9.17, 15) is 19.5 Å². The third-order valence-electron chi connectivity index (χ3n) is 9.13. The molecule has 0 saturated heterocycles. The number of carbonyl (C=O) groups is 3. The highest BCUT2D eigenvalue weighted by Crippen LogP contribution is 2.50. The predicted molar refractivity (Wildman–Crippen MR) is 148 cm³/mol. The lowest BCUT2D eigenvalue weighted by atomic mass is 9.61. The van der Waals surface area contributed by atoms with E-state index in [0.717, 1.165) is 80.2 Å². The van der Waals surface area contributed by atoms with Crippen LogP contribution in [0.5, 0.6) is 0 Å². The summed E-state index contributed by atoms with van der Waals surface area (Å²) in [5.74, 6) is 6.19. The maximum Gasteiger partial charge on any atom is 0.306 e. The van der Waals surface area contributed by atoms with Crippen molar-refractivity contribution in [3.63, 3.8) is 0 Å². The van der Waals surface area contributed by atoms with Gasteiger partial charge in [0, 0.05) is 29.9 Å². The fourth-order valence-corrected chi connectivity index (χ4v) is 6.65. The summed E-state index contributed by atoms with van der Waals surface area (Å²) >= 11 is 0. The van der Waals surface area contributed by atoms with E-state index in [0.29, 0.717) is 31.6 Å². The molecule has 0 aromatic heterocycles. The molecule has 5 nitrogen and oxygen atoms in total. The number of unbranched alkanes of at least 4 members (excludes halogenated alkanes) is 1. The maximum absolute atomic E-state index is 13.4. The smallest absolute Gasteiger partial charge is 0.306 e. The molecule has 2 aliphatic carbocycles. The first-order valence-electron chi connectivity index (χ1n) is 14.2. The normalized spacial score (nSPS) is 24.3. The predicted octanol–water partition coefficient (Wildman–Crippen LogP) is 6.51. The molecule has 1 amide bonds. The number of rotatable bonds is 7. The van der Waals surface area contributed by atoms with Crippen LogP contribution in [-0.2, 0) is 20.9 Å². The van der Waals surface area contributed by atoms with Crippen molar-refractivity contribution in [2.75, 3.05) is 4.90 Å². The van der Waals surface area contributed by atoms with Gasteiger partial charge in [-0.05, 0) is 93.4 Å². The van der Waals surface area contributed by atoms with Crippen LogP contribution in [0.2, 0.25) is 0 Å². The number of amides is 1. The number of benzene rings is 2. The van der Waals surface area contributed by atoms with Gasteiger partial charge < -0.3 is 10.0 Å². The molecule has 38 heavy (non-hydrogen) atoms. The van der Waals surface area contributed by atoms with Crippen molar-refractivity contribution in [1.29, 1.82) is 0 Å². The van der Waals surface area contributed by atoms with Crippen LogP contribution in [0.4, 0.5) is 5.69 Å². The van der Waals surface area contributed by atoms with Crippen molar-refractivity contribution >= 4 is 23.3 Å². The van der Waals surface area contributed by atoms with Crippen molar-refractivity contribution < 1.29 is 19.5 Å². The Kier molecular flexibility index (Phi) is 7.98. The molecule has 5 heteroatoms. The Morgan fingerprint density at radius 2 is 1.37 bits per heavy atom. The molecular weight excluding hydrogens is 474 g/mol. The average molecular weight is 512 g/mol. The Balaban J connectivity index is 1.11. The number of anilines is 1. The van der Waals surface area contributed by atoms with E-state index in [4.69, 9.17) is 0 Å². The van der Waals surface area contributed by atoms with Gasteiger partial charge in [0.15, 0.2) is 0 Å². The van der Waals surface area contributed by atoms with E-state index in [1.54, 1.807) is 0 Å². The van der Waals surface area contributed by atoms with Crippen molar-refractivity contribution in [2.45, 2.75) is 83.6 Å². The summed E-state index contributed by atoms with van der Waals surface area (Å²) < 4.78 is 0. The van der Waals surface area contributed by atoms with Crippen LogP contribution in [0.1, 0.15) is 93.7 Å². The zero-order valence-electron chi connectivity index (χ0n) is 22.1. The molecule has 5 rings (SSSR count). The number of hydrogen-bond donors (Lipinski definition) is 1.